The van der Waals surface area contributed by atoms with E-state index in [9.17, 15) is 9.90 Å². The van der Waals surface area contributed by atoms with Gasteiger partial charge in [0.15, 0.2) is 5.78 Å². The third-order valence-electron chi connectivity index (χ3n) is 5.68. The fraction of sp³-hybridized carbons (Fsp3) is 0.600. The van der Waals surface area contributed by atoms with Gasteiger partial charge in [-0.2, -0.15) is 4.02 Å². The van der Waals surface area contributed by atoms with Crippen LogP contribution in [0.3, 0.4) is 0 Å². The van der Waals surface area contributed by atoms with Gasteiger partial charge >= 0.3 is 0 Å². The molecule has 2 aromatic rings. The molecule has 1 heterocycles. The molecule has 0 spiro atoms. The van der Waals surface area contributed by atoms with Crippen LogP contribution in [0.2, 0.25) is 0 Å². The summed E-state index contributed by atoms with van der Waals surface area (Å²) in [4.78, 5) is 13.3. The van der Waals surface area contributed by atoms with Crippen LogP contribution in [0, 0.1) is 0 Å². The van der Waals surface area contributed by atoms with Crippen LogP contribution < -0.4 is 5.62 Å². The summed E-state index contributed by atoms with van der Waals surface area (Å²) in [5, 5.41) is 19.8. The van der Waals surface area contributed by atoms with Crippen LogP contribution in [0.15, 0.2) is 28.5 Å². The molecule has 2 rings (SSSR count). The maximum atomic E-state index is 13.3. The summed E-state index contributed by atoms with van der Waals surface area (Å²) in [5.74, 6) is 0.252. The van der Waals surface area contributed by atoms with Crippen molar-refractivity contribution in [1.82, 2.24) is 9.13 Å². The number of imidazole rings is 1. The van der Waals surface area contributed by atoms with Crippen molar-refractivity contribution in [3.8, 4) is 5.75 Å². The second-order valence-corrected chi connectivity index (χ2v) is 10.8. The van der Waals surface area contributed by atoms with Gasteiger partial charge in [0.25, 0.3) is 0 Å². The third kappa shape index (κ3) is 6.58. The van der Waals surface area contributed by atoms with Gasteiger partial charge in [0.05, 0.1) is 22.7 Å². The number of Topliss-reactive ketones (excluding diaryl/α,β-unsaturated/α-hetero) is 1. The highest BCUT2D eigenvalue weighted by Crippen LogP contribution is 2.39. The first-order valence-electron chi connectivity index (χ1n) is 11.3. The molecule has 1 aromatic carbocycles. The van der Waals surface area contributed by atoms with Crippen molar-refractivity contribution in [2.24, 2.45) is 4.02 Å². The van der Waals surface area contributed by atoms with Crippen molar-refractivity contribution in [3.05, 3.63) is 46.8 Å². The molecule has 0 aliphatic rings. The van der Waals surface area contributed by atoms with Gasteiger partial charge in [-0.3, -0.25) is 4.79 Å². The number of hydrogen-bond acceptors (Lipinski definition) is 4. The van der Waals surface area contributed by atoms with Crippen LogP contribution in [0.4, 0.5) is 0 Å². The molecule has 32 heavy (non-hydrogen) atoms. The first kappa shape index (κ1) is 26.4. The molecule has 6 nitrogen and oxygen atoms in total. The van der Waals surface area contributed by atoms with Gasteiger partial charge in [-0.25, -0.2) is 0 Å². The quantitative estimate of drug-likeness (QED) is 0.359. The summed E-state index contributed by atoms with van der Waals surface area (Å²) in [6.45, 7) is 13.5. The molecule has 0 aliphatic carbocycles. The highest BCUT2D eigenvalue weighted by Gasteiger charge is 2.27. The van der Waals surface area contributed by atoms with Gasteiger partial charge in [0.2, 0.25) is 5.62 Å². The van der Waals surface area contributed by atoms with E-state index in [0.29, 0.717) is 11.2 Å². The highest BCUT2D eigenvalue weighted by molar-refractivity contribution is 9.08. The number of halogens is 1. The maximum absolute atomic E-state index is 13.3. The molecule has 0 atom stereocenters. The van der Waals surface area contributed by atoms with Crippen molar-refractivity contribution >= 4 is 21.9 Å². The Morgan fingerprint density at radius 3 is 1.97 bits per heavy atom. The number of hydrogen-bond donors (Lipinski definition) is 2. The second kappa shape index (κ2) is 10.8. The summed E-state index contributed by atoms with van der Waals surface area (Å²) in [7, 11) is 0. The summed E-state index contributed by atoms with van der Waals surface area (Å²) < 4.78 is 8.09. The topological polar surface area (TPSA) is 79.8 Å². The van der Waals surface area contributed by atoms with Gasteiger partial charge in [-0.05, 0) is 35.8 Å². The minimum absolute atomic E-state index is 0.0240. The molecule has 7 heteroatoms. The Balaban J connectivity index is 2.32. The lowest BCUT2D eigenvalue weighted by Gasteiger charge is -2.28. The number of aliphatic hydroxyl groups excluding tert-OH is 1. The molecule has 0 fully saturated rings. The van der Waals surface area contributed by atoms with Crippen molar-refractivity contribution in [2.75, 3.05) is 6.61 Å². The fourth-order valence-electron chi connectivity index (χ4n) is 3.79. The summed E-state index contributed by atoms with van der Waals surface area (Å²) in [6, 6.07) is 3.66. The van der Waals surface area contributed by atoms with E-state index in [0.717, 1.165) is 43.4 Å². The monoisotopic (exact) mass is 507 g/mol. The number of phenols is 1. The molecule has 2 N–H and O–H groups in total. The number of carbonyl (C=O) groups is 1. The van der Waals surface area contributed by atoms with Crippen molar-refractivity contribution in [1.29, 1.82) is 0 Å². The van der Waals surface area contributed by atoms with E-state index in [1.54, 1.807) is 0 Å². The zero-order valence-corrected chi connectivity index (χ0v) is 21.9. The molecular weight excluding hydrogens is 470 g/mol. The van der Waals surface area contributed by atoms with Gasteiger partial charge in [0.1, 0.15) is 5.75 Å². The Labute approximate surface area is 200 Å². The van der Waals surface area contributed by atoms with E-state index in [4.69, 9.17) is 5.11 Å². The Hall–Kier alpha value is -1.86. The number of phenolic OH excluding ortho intramolecular Hbond substituents is 1. The predicted molar refractivity (Wildman–Crippen MR) is 132 cm³/mol. The van der Waals surface area contributed by atoms with Gasteiger partial charge in [0, 0.05) is 42.2 Å². The average Bonchev–Trinajstić information content (AvgIpc) is 3.07. The number of aliphatic hydroxyl groups is 1. The normalized spacial score (nSPS) is 13.1. The van der Waals surface area contributed by atoms with Crippen LogP contribution in [0.1, 0.15) is 88.7 Å². The SMILES string of the molecule is CC(C)(C)c1cc(C(=O)Cn2ccn(CCCCCCO)c2=NBr)cc(C(C)(C)C)c1O. The number of rotatable bonds is 9. The highest BCUT2D eigenvalue weighted by atomic mass is 79.9. The van der Waals surface area contributed by atoms with E-state index in [1.165, 1.54) is 0 Å². The molecular formula is C25H38BrN3O3. The van der Waals surface area contributed by atoms with Gasteiger partial charge in [-0.15, -0.1) is 0 Å². The Morgan fingerprint density at radius 1 is 0.938 bits per heavy atom. The molecule has 0 amide bonds. The molecule has 0 saturated heterocycles. The van der Waals surface area contributed by atoms with Gasteiger partial charge in [-0.1, -0.05) is 54.4 Å². The molecule has 178 valence electrons. The van der Waals surface area contributed by atoms with Crippen LogP contribution in [0.25, 0.3) is 0 Å². The minimum Gasteiger partial charge on any atom is -0.507 e. The zero-order valence-electron chi connectivity index (χ0n) is 20.3. The van der Waals surface area contributed by atoms with E-state index in [-0.39, 0.29) is 35.5 Å². The molecule has 0 radical (unpaired) electrons. The van der Waals surface area contributed by atoms with E-state index >= 15 is 0 Å². The van der Waals surface area contributed by atoms with E-state index in [2.05, 4.69) is 20.2 Å². The maximum Gasteiger partial charge on any atom is 0.217 e. The van der Waals surface area contributed by atoms with Crippen LogP contribution in [0.5, 0.6) is 5.75 Å². The Kier molecular flexibility index (Phi) is 8.94. The smallest absolute Gasteiger partial charge is 0.217 e. The second-order valence-electron chi connectivity index (χ2n) is 10.5. The molecule has 1 aromatic heterocycles. The number of aromatic nitrogens is 2. The van der Waals surface area contributed by atoms with Crippen molar-refractivity contribution in [2.45, 2.75) is 91.1 Å². The Morgan fingerprint density at radius 2 is 1.47 bits per heavy atom. The van der Waals surface area contributed by atoms with Crippen LogP contribution in [-0.4, -0.2) is 31.7 Å². The number of unbranched alkanes of at least 4 members (excludes halogenated alkanes) is 3. The first-order valence-corrected chi connectivity index (χ1v) is 12.0. The lowest BCUT2D eigenvalue weighted by Crippen LogP contribution is -2.28. The average molecular weight is 509 g/mol. The zero-order chi connectivity index (χ0) is 24.1. The third-order valence-corrected chi connectivity index (χ3v) is 6.00. The molecule has 0 saturated carbocycles. The summed E-state index contributed by atoms with van der Waals surface area (Å²) in [5.41, 5.74) is 2.27. The molecule has 0 bridgehead atoms. The number of benzene rings is 1. The molecule has 0 aliphatic heterocycles. The van der Waals surface area contributed by atoms with Gasteiger partial charge < -0.3 is 19.3 Å². The van der Waals surface area contributed by atoms with Crippen LogP contribution >= 0.6 is 16.1 Å². The molecule has 0 unspecified atom stereocenters. The van der Waals surface area contributed by atoms with E-state index < -0.39 is 0 Å². The van der Waals surface area contributed by atoms with Crippen molar-refractivity contribution < 1.29 is 15.0 Å². The van der Waals surface area contributed by atoms with Crippen LogP contribution in [-0.2, 0) is 23.9 Å². The standard InChI is InChI=1S/C25H38BrN3O3/c1-24(2,3)19-15-18(16-20(22(19)32)25(4,5)6)21(31)17-29-13-12-28(23(29)27-26)11-9-7-8-10-14-30/h12-13,15-16,30,32H,7-11,14,17H2,1-6H3. The minimum atomic E-state index is -0.288. The number of ketones is 1. The predicted octanol–water partition coefficient (Wildman–Crippen LogP) is 5.24. The lowest BCUT2D eigenvalue weighted by atomic mass is 9.78. The lowest BCUT2D eigenvalue weighted by molar-refractivity contribution is 0.0970. The fourth-order valence-corrected chi connectivity index (χ4v) is 4.19. The summed E-state index contributed by atoms with van der Waals surface area (Å²) in [6.07, 6.45) is 7.68. The largest absolute Gasteiger partial charge is 0.507 e. The van der Waals surface area contributed by atoms with Crippen molar-refractivity contribution in [3.63, 3.8) is 0 Å². The number of carbonyl (C=O) groups excluding carboxylic acids is 1. The number of aromatic hydroxyl groups is 1. The first-order chi connectivity index (χ1) is 14.9. The van der Waals surface area contributed by atoms with E-state index in [1.807, 2.05) is 75.2 Å². The summed E-state index contributed by atoms with van der Waals surface area (Å²) >= 11 is 3.21. The number of nitrogens with zero attached hydrogens (tertiary/aromatic N) is 3. The number of aryl methyl sites for hydroxylation is 1. The Bertz CT molecular complexity index is 956.